The Morgan fingerprint density at radius 2 is 1.80 bits per heavy atom. The highest BCUT2D eigenvalue weighted by molar-refractivity contribution is 7.99. The Morgan fingerprint density at radius 1 is 1.00 bits per heavy atom. The minimum Gasteiger partial charge on any atom is -0.337 e. The summed E-state index contributed by atoms with van der Waals surface area (Å²) in [7, 11) is 0. The van der Waals surface area contributed by atoms with Crippen molar-refractivity contribution in [2.75, 3.05) is 5.75 Å². The van der Waals surface area contributed by atoms with Crippen LogP contribution >= 0.6 is 11.8 Å². The van der Waals surface area contributed by atoms with E-state index in [2.05, 4.69) is 41.4 Å². The number of aryl methyl sites for hydroxylation is 1. The third-order valence-corrected chi connectivity index (χ3v) is 5.22. The zero-order valence-electron chi connectivity index (χ0n) is 13.4. The molecule has 1 aromatic rings. The monoisotopic (exact) mass is 296 g/mol. The first-order valence-electron chi connectivity index (χ1n) is 8.44. The number of rotatable bonds is 13. The predicted molar refractivity (Wildman–Crippen MR) is 91.4 cm³/mol. The second kappa shape index (κ2) is 12.3. The van der Waals surface area contributed by atoms with Crippen molar-refractivity contribution in [1.82, 2.24) is 9.55 Å². The Hall–Kier alpha value is -0.440. The van der Waals surface area contributed by atoms with Crippen LogP contribution in [0.1, 0.15) is 71.6 Å². The molecule has 0 aliphatic rings. The molecule has 1 aromatic heterocycles. The minimum absolute atomic E-state index is 0.837. The molecule has 20 heavy (non-hydrogen) atoms. The van der Waals surface area contributed by atoms with Crippen molar-refractivity contribution in [3.05, 3.63) is 18.7 Å². The number of imidazole rings is 1. The molecule has 0 fully saturated rings. The van der Waals surface area contributed by atoms with Crippen molar-refractivity contribution in [2.45, 2.75) is 83.4 Å². The largest absolute Gasteiger partial charge is 0.337 e. The molecule has 0 saturated heterocycles. The van der Waals surface area contributed by atoms with E-state index in [1.54, 1.807) is 0 Å². The molecule has 1 heterocycles. The lowest BCUT2D eigenvalue weighted by molar-refractivity contribution is 0.579. The van der Waals surface area contributed by atoms with Gasteiger partial charge in [0.05, 0.1) is 6.33 Å². The van der Waals surface area contributed by atoms with Crippen molar-refractivity contribution >= 4 is 11.8 Å². The number of aromatic nitrogens is 2. The van der Waals surface area contributed by atoms with Crippen LogP contribution in [0.3, 0.4) is 0 Å². The first-order chi connectivity index (χ1) is 9.86. The van der Waals surface area contributed by atoms with E-state index in [4.69, 9.17) is 0 Å². The second-order valence-electron chi connectivity index (χ2n) is 5.64. The van der Waals surface area contributed by atoms with Crippen LogP contribution < -0.4 is 0 Å². The topological polar surface area (TPSA) is 17.8 Å². The summed E-state index contributed by atoms with van der Waals surface area (Å²) >= 11 is 2.21. The lowest BCUT2D eigenvalue weighted by atomic mass is 10.1. The zero-order valence-corrected chi connectivity index (χ0v) is 14.2. The smallest absolute Gasteiger partial charge is 0.0945 e. The van der Waals surface area contributed by atoms with E-state index in [0.29, 0.717) is 0 Å². The van der Waals surface area contributed by atoms with Crippen LogP contribution in [0, 0.1) is 0 Å². The average Bonchev–Trinajstić information content (AvgIpc) is 2.98. The summed E-state index contributed by atoms with van der Waals surface area (Å²) in [5, 5.41) is 0.837. The van der Waals surface area contributed by atoms with Gasteiger partial charge >= 0.3 is 0 Å². The molecule has 0 aromatic carbocycles. The summed E-state index contributed by atoms with van der Waals surface area (Å²) in [5.41, 5.74) is 0. The average molecular weight is 297 g/mol. The molecule has 1 unspecified atom stereocenters. The molecule has 0 aliphatic heterocycles. The fourth-order valence-corrected chi connectivity index (χ4v) is 3.72. The van der Waals surface area contributed by atoms with Gasteiger partial charge in [-0.3, -0.25) is 0 Å². The zero-order chi connectivity index (χ0) is 14.5. The van der Waals surface area contributed by atoms with Crippen LogP contribution in [0.25, 0.3) is 0 Å². The van der Waals surface area contributed by atoms with Crippen LogP contribution in [0.5, 0.6) is 0 Å². The number of nitrogens with zero attached hydrogens (tertiary/aromatic N) is 2. The van der Waals surface area contributed by atoms with Gasteiger partial charge < -0.3 is 4.57 Å². The lowest BCUT2D eigenvalue weighted by Gasteiger charge is -2.16. The van der Waals surface area contributed by atoms with E-state index >= 15 is 0 Å². The number of hydrogen-bond donors (Lipinski definition) is 0. The predicted octanol–water partition coefficient (Wildman–Crippen LogP) is 5.54. The lowest BCUT2D eigenvalue weighted by Crippen LogP contribution is -2.08. The quantitative estimate of drug-likeness (QED) is 0.445. The van der Waals surface area contributed by atoms with E-state index in [1.165, 1.54) is 63.5 Å². The van der Waals surface area contributed by atoms with E-state index < -0.39 is 0 Å². The molecule has 0 saturated carbocycles. The van der Waals surface area contributed by atoms with Crippen molar-refractivity contribution in [3.8, 4) is 0 Å². The van der Waals surface area contributed by atoms with Crippen LogP contribution in [-0.2, 0) is 6.54 Å². The second-order valence-corrected chi connectivity index (χ2v) is 7.05. The number of thioether (sulfide) groups is 1. The molecule has 0 bridgehead atoms. The van der Waals surface area contributed by atoms with E-state index in [1.807, 2.05) is 12.5 Å². The Bertz CT molecular complexity index is 298. The summed E-state index contributed by atoms with van der Waals surface area (Å²) in [6, 6.07) is 0. The molecule has 116 valence electrons. The van der Waals surface area contributed by atoms with Gasteiger partial charge in [0.15, 0.2) is 0 Å². The van der Waals surface area contributed by atoms with Crippen LogP contribution in [0.2, 0.25) is 0 Å². The van der Waals surface area contributed by atoms with Crippen molar-refractivity contribution in [1.29, 1.82) is 0 Å². The van der Waals surface area contributed by atoms with Gasteiger partial charge in [0.1, 0.15) is 0 Å². The van der Waals surface area contributed by atoms with Crippen molar-refractivity contribution in [2.24, 2.45) is 0 Å². The molecule has 2 nitrogen and oxygen atoms in total. The third kappa shape index (κ3) is 8.68. The highest BCUT2D eigenvalue weighted by Crippen LogP contribution is 2.23. The third-order valence-electron chi connectivity index (χ3n) is 3.75. The Kier molecular flexibility index (Phi) is 10.8. The Morgan fingerprint density at radius 3 is 2.50 bits per heavy atom. The van der Waals surface area contributed by atoms with Gasteiger partial charge in [-0.2, -0.15) is 11.8 Å². The Labute approximate surface area is 129 Å². The minimum atomic E-state index is 0.837. The molecule has 0 aliphatic carbocycles. The van der Waals surface area contributed by atoms with Crippen molar-refractivity contribution < 1.29 is 0 Å². The fourth-order valence-electron chi connectivity index (χ4n) is 2.41. The summed E-state index contributed by atoms with van der Waals surface area (Å²) in [6.45, 7) is 5.70. The number of hydrogen-bond acceptors (Lipinski definition) is 2. The van der Waals surface area contributed by atoms with E-state index in [9.17, 15) is 0 Å². The summed E-state index contributed by atoms with van der Waals surface area (Å²) in [4.78, 5) is 4.12. The normalized spacial score (nSPS) is 12.7. The fraction of sp³-hybridized carbons (Fsp3) is 0.824. The maximum Gasteiger partial charge on any atom is 0.0945 e. The van der Waals surface area contributed by atoms with E-state index in [-0.39, 0.29) is 0 Å². The highest BCUT2D eigenvalue weighted by atomic mass is 32.2. The molecule has 3 heteroatoms. The standard InChI is InChI=1S/C17H32N2S/c1-3-5-7-8-9-15-20-17(10-6-4-2)11-13-19-14-12-18-16-19/h12,14,16-17H,3-11,13,15H2,1-2H3. The van der Waals surface area contributed by atoms with Gasteiger partial charge in [-0.25, -0.2) is 4.98 Å². The molecule has 0 spiro atoms. The first kappa shape index (κ1) is 17.6. The van der Waals surface area contributed by atoms with E-state index in [0.717, 1.165) is 11.8 Å². The number of unbranched alkanes of at least 4 members (excludes halogenated alkanes) is 5. The van der Waals surface area contributed by atoms with Gasteiger partial charge in [0.25, 0.3) is 0 Å². The molecule has 0 radical (unpaired) electrons. The summed E-state index contributed by atoms with van der Waals surface area (Å²) < 4.78 is 2.21. The molecule has 0 N–H and O–H groups in total. The van der Waals surface area contributed by atoms with Gasteiger partial charge in [-0.1, -0.05) is 52.4 Å². The first-order valence-corrected chi connectivity index (χ1v) is 9.49. The van der Waals surface area contributed by atoms with Crippen LogP contribution in [-0.4, -0.2) is 20.6 Å². The maximum absolute atomic E-state index is 4.12. The van der Waals surface area contributed by atoms with Crippen molar-refractivity contribution in [3.63, 3.8) is 0 Å². The molecule has 1 atom stereocenters. The summed E-state index contributed by atoms with van der Waals surface area (Å²) in [5.74, 6) is 1.35. The van der Waals surface area contributed by atoms with Gasteiger partial charge in [-0.05, 0) is 25.0 Å². The van der Waals surface area contributed by atoms with Crippen LogP contribution in [0.15, 0.2) is 18.7 Å². The maximum atomic E-state index is 4.12. The molecule has 0 amide bonds. The molecular weight excluding hydrogens is 264 g/mol. The molecular formula is C17H32N2S. The Balaban J connectivity index is 2.14. The van der Waals surface area contributed by atoms with Gasteiger partial charge in [0, 0.05) is 24.2 Å². The van der Waals surface area contributed by atoms with Gasteiger partial charge in [0.2, 0.25) is 0 Å². The summed E-state index contributed by atoms with van der Waals surface area (Å²) in [6.07, 6.45) is 18.2. The van der Waals surface area contributed by atoms with Gasteiger partial charge in [-0.15, -0.1) is 0 Å². The molecule has 1 rings (SSSR count). The van der Waals surface area contributed by atoms with Crippen LogP contribution in [0.4, 0.5) is 0 Å². The SMILES string of the molecule is CCCCCCCSC(CCCC)CCn1ccnc1. The highest BCUT2D eigenvalue weighted by Gasteiger charge is 2.08.